The lowest BCUT2D eigenvalue weighted by atomic mass is 10.1. The molecular formula is C21H17F3N4O2. The predicted octanol–water partition coefficient (Wildman–Crippen LogP) is 4.74. The number of hydrogen-bond acceptors (Lipinski definition) is 4. The molecule has 30 heavy (non-hydrogen) atoms. The molecule has 0 atom stereocenters. The number of nitrogens with zero attached hydrogens (tertiary/aromatic N) is 2. The van der Waals surface area contributed by atoms with E-state index >= 15 is 0 Å². The molecule has 0 fully saturated rings. The Hall–Kier alpha value is -3.75. The number of nitrogens with one attached hydrogen (secondary N) is 2. The summed E-state index contributed by atoms with van der Waals surface area (Å²) in [5.41, 5.74) is 1.09. The molecule has 1 aromatic heterocycles. The van der Waals surface area contributed by atoms with Crippen LogP contribution in [-0.2, 0) is 6.18 Å². The first-order valence-corrected chi connectivity index (χ1v) is 8.84. The highest BCUT2D eigenvalue weighted by molar-refractivity contribution is 6.08. The Kier molecular flexibility index (Phi) is 5.81. The van der Waals surface area contributed by atoms with E-state index in [0.29, 0.717) is 16.8 Å². The second-order valence-electron chi connectivity index (χ2n) is 6.49. The summed E-state index contributed by atoms with van der Waals surface area (Å²) >= 11 is 0. The Morgan fingerprint density at radius 1 is 1.00 bits per heavy atom. The van der Waals surface area contributed by atoms with Crippen LogP contribution in [0.4, 0.5) is 23.8 Å². The van der Waals surface area contributed by atoms with Crippen molar-refractivity contribution >= 4 is 17.8 Å². The fraction of sp³-hybridized carbons (Fsp3) is 0.143. The van der Waals surface area contributed by atoms with Crippen LogP contribution >= 0.6 is 0 Å². The number of amides is 3. The Morgan fingerprint density at radius 3 is 2.40 bits per heavy atom. The molecule has 0 saturated heterocycles. The van der Waals surface area contributed by atoms with Gasteiger partial charge in [0.15, 0.2) is 5.82 Å². The Morgan fingerprint density at radius 2 is 1.73 bits per heavy atom. The number of urea groups is 1. The molecule has 0 saturated carbocycles. The molecule has 2 aromatic carbocycles. The number of hydrogen-bond donors (Lipinski definition) is 2. The standard InChI is InChI=1S/C21H17F3N4O2/c1-12-6-3-4-9-16(12)19(29)28-20(30)27-17-11-25-18(13(2)26-17)14-7-5-8-15(10-14)21(22,23)24/h3-11H,1-2H3,(H2,26,27,28,29,30). The number of carbonyl (C=O) groups is 2. The number of anilines is 1. The van der Waals surface area contributed by atoms with Gasteiger partial charge in [-0.25, -0.2) is 9.78 Å². The van der Waals surface area contributed by atoms with Crippen LogP contribution < -0.4 is 10.6 Å². The van der Waals surface area contributed by atoms with Gasteiger partial charge in [-0.15, -0.1) is 0 Å². The van der Waals surface area contributed by atoms with E-state index < -0.39 is 23.7 Å². The van der Waals surface area contributed by atoms with E-state index in [1.165, 1.54) is 18.3 Å². The summed E-state index contributed by atoms with van der Waals surface area (Å²) < 4.78 is 38.8. The molecule has 0 aliphatic carbocycles. The molecule has 0 bridgehead atoms. The fourth-order valence-electron chi connectivity index (χ4n) is 2.81. The molecule has 3 amide bonds. The lowest BCUT2D eigenvalue weighted by Crippen LogP contribution is -2.35. The Balaban J connectivity index is 1.74. The summed E-state index contributed by atoms with van der Waals surface area (Å²) in [7, 11) is 0. The van der Waals surface area contributed by atoms with Crippen LogP contribution in [-0.4, -0.2) is 21.9 Å². The Labute approximate surface area is 170 Å². The molecular weight excluding hydrogens is 397 g/mol. The molecule has 1 heterocycles. The van der Waals surface area contributed by atoms with Crippen molar-refractivity contribution in [1.82, 2.24) is 15.3 Å². The summed E-state index contributed by atoms with van der Waals surface area (Å²) in [6.45, 7) is 3.30. The number of halogens is 3. The third-order valence-electron chi connectivity index (χ3n) is 4.27. The number of aromatic nitrogens is 2. The van der Waals surface area contributed by atoms with Crippen molar-refractivity contribution in [3.63, 3.8) is 0 Å². The van der Waals surface area contributed by atoms with Gasteiger partial charge in [0.2, 0.25) is 0 Å². The lowest BCUT2D eigenvalue weighted by Gasteiger charge is -2.11. The largest absolute Gasteiger partial charge is 0.416 e. The van der Waals surface area contributed by atoms with E-state index in [1.54, 1.807) is 38.1 Å². The van der Waals surface area contributed by atoms with Crippen LogP contribution in [0.3, 0.4) is 0 Å². The van der Waals surface area contributed by atoms with E-state index in [9.17, 15) is 22.8 Å². The van der Waals surface area contributed by atoms with Crippen LogP contribution in [0.15, 0.2) is 54.7 Å². The molecule has 3 rings (SSSR count). The van der Waals surface area contributed by atoms with Gasteiger partial charge in [-0.3, -0.25) is 20.4 Å². The molecule has 154 valence electrons. The van der Waals surface area contributed by atoms with Gasteiger partial charge in [-0.2, -0.15) is 13.2 Å². The van der Waals surface area contributed by atoms with Gasteiger partial charge < -0.3 is 0 Å². The lowest BCUT2D eigenvalue weighted by molar-refractivity contribution is -0.137. The minimum Gasteiger partial charge on any atom is -0.291 e. The highest BCUT2D eigenvalue weighted by atomic mass is 19.4. The maximum Gasteiger partial charge on any atom is 0.416 e. The number of alkyl halides is 3. The first-order valence-electron chi connectivity index (χ1n) is 8.84. The molecule has 0 unspecified atom stereocenters. The molecule has 0 spiro atoms. The minimum atomic E-state index is -4.47. The van der Waals surface area contributed by atoms with Crippen molar-refractivity contribution in [3.05, 3.63) is 77.1 Å². The molecule has 0 aliphatic heterocycles. The van der Waals surface area contributed by atoms with Crippen LogP contribution in [0.5, 0.6) is 0 Å². The maximum atomic E-state index is 12.9. The zero-order valence-electron chi connectivity index (χ0n) is 16.0. The van der Waals surface area contributed by atoms with Gasteiger partial charge in [0.25, 0.3) is 5.91 Å². The van der Waals surface area contributed by atoms with Crippen molar-refractivity contribution < 1.29 is 22.8 Å². The first kappa shape index (κ1) is 21.0. The third-order valence-corrected chi connectivity index (χ3v) is 4.27. The second-order valence-corrected chi connectivity index (χ2v) is 6.49. The Bertz CT molecular complexity index is 1110. The highest BCUT2D eigenvalue weighted by Crippen LogP contribution is 2.32. The van der Waals surface area contributed by atoms with E-state index in [4.69, 9.17) is 0 Å². The number of aryl methyl sites for hydroxylation is 2. The van der Waals surface area contributed by atoms with Crippen molar-refractivity contribution in [2.75, 3.05) is 5.32 Å². The van der Waals surface area contributed by atoms with E-state index in [0.717, 1.165) is 12.1 Å². The zero-order valence-corrected chi connectivity index (χ0v) is 16.0. The molecule has 0 radical (unpaired) electrons. The first-order chi connectivity index (χ1) is 14.1. The van der Waals surface area contributed by atoms with E-state index in [2.05, 4.69) is 20.6 Å². The van der Waals surface area contributed by atoms with Crippen LogP contribution in [0, 0.1) is 13.8 Å². The highest BCUT2D eigenvalue weighted by Gasteiger charge is 2.30. The maximum absolute atomic E-state index is 12.9. The molecule has 0 aliphatic rings. The van der Waals surface area contributed by atoms with Crippen LogP contribution in [0.25, 0.3) is 11.3 Å². The predicted molar refractivity (Wildman–Crippen MR) is 105 cm³/mol. The van der Waals surface area contributed by atoms with Gasteiger partial charge in [-0.1, -0.05) is 30.3 Å². The monoisotopic (exact) mass is 414 g/mol. The number of benzene rings is 2. The summed E-state index contributed by atoms with van der Waals surface area (Å²) in [6, 6.07) is 10.7. The minimum absolute atomic E-state index is 0.0540. The summed E-state index contributed by atoms with van der Waals surface area (Å²) in [5.74, 6) is -0.519. The average molecular weight is 414 g/mol. The summed E-state index contributed by atoms with van der Waals surface area (Å²) in [5, 5.41) is 4.59. The van der Waals surface area contributed by atoms with Gasteiger partial charge >= 0.3 is 12.2 Å². The van der Waals surface area contributed by atoms with E-state index in [1.807, 2.05) is 0 Å². The quantitative estimate of drug-likeness (QED) is 0.648. The smallest absolute Gasteiger partial charge is 0.291 e. The number of imide groups is 1. The van der Waals surface area contributed by atoms with Gasteiger partial charge in [0.05, 0.1) is 23.1 Å². The van der Waals surface area contributed by atoms with Crippen molar-refractivity contribution in [2.45, 2.75) is 20.0 Å². The zero-order chi connectivity index (χ0) is 21.9. The summed E-state index contributed by atoms with van der Waals surface area (Å²) in [4.78, 5) is 32.5. The van der Waals surface area contributed by atoms with Gasteiger partial charge in [0, 0.05) is 11.1 Å². The second kappa shape index (κ2) is 8.32. The SMILES string of the molecule is Cc1ccccc1C(=O)NC(=O)Nc1cnc(-c2cccc(C(F)(F)F)c2)c(C)n1. The fourth-order valence-corrected chi connectivity index (χ4v) is 2.81. The van der Waals surface area contributed by atoms with Crippen LogP contribution in [0.1, 0.15) is 27.2 Å². The molecule has 2 N–H and O–H groups in total. The normalized spacial score (nSPS) is 11.1. The van der Waals surface area contributed by atoms with Gasteiger partial charge in [-0.05, 0) is 37.6 Å². The van der Waals surface area contributed by atoms with Crippen LogP contribution in [0.2, 0.25) is 0 Å². The number of rotatable bonds is 3. The molecule has 6 nitrogen and oxygen atoms in total. The third kappa shape index (κ3) is 4.80. The molecule has 3 aromatic rings. The molecule has 9 heteroatoms. The summed E-state index contributed by atoms with van der Waals surface area (Å²) in [6.07, 6.45) is -3.26. The van der Waals surface area contributed by atoms with Crippen molar-refractivity contribution in [3.8, 4) is 11.3 Å². The van der Waals surface area contributed by atoms with Crippen molar-refractivity contribution in [2.24, 2.45) is 0 Å². The van der Waals surface area contributed by atoms with E-state index in [-0.39, 0.29) is 17.1 Å². The van der Waals surface area contributed by atoms with Crippen molar-refractivity contribution in [1.29, 1.82) is 0 Å². The average Bonchev–Trinajstić information content (AvgIpc) is 2.67. The van der Waals surface area contributed by atoms with Gasteiger partial charge in [0.1, 0.15) is 0 Å². The number of carbonyl (C=O) groups excluding carboxylic acids is 2. The topological polar surface area (TPSA) is 84.0 Å².